The molecule has 2 saturated carbocycles. The van der Waals surface area contributed by atoms with Crippen molar-refractivity contribution in [2.75, 3.05) is 0 Å². The van der Waals surface area contributed by atoms with Gasteiger partial charge >= 0.3 is 0 Å². The summed E-state index contributed by atoms with van der Waals surface area (Å²) in [6.45, 7) is 2.32. The van der Waals surface area contributed by atoms with E-state index in [2.05, 4.69) is 18.8 Å². The molecule has 130 valence electrons. The van der Waals surface area contributed by atoms with Gasteiger partial charge in [0, 0.05) is 11.5 Å². The van der Waals surface area contributed by atoms with Gasteiger partial charge in [0.25, 0.3) is 0 Å². The maximum Gasteiger partial charge on any atom is 0.160 e. The van der Waals surface area contributed by atoms with E-state index in [4.69, 9.17) is 0 Å². The lowest BCUT2D eigenvalue weighted by Crippen LogP contribution is -2.25. The van der Waals surface area contributed by atoms with Crippen LogP contribution in [0.15, 0.2) is 18.2 Å². The zero-order chi connectivity index (χ0) is 16.9. The van der Waals surface area contributed by atoms with Crippen LogP contribution in [-0.4, -0.2) is 0 Å². The Kier molecular flexibility index (Phi) is 5.93. The Morgan fingerprint density at radius 3 is 2.08 bits per heavy atom. The Labute approximate surface area is 145 Å². The molecule has 0 aliphatic heterocycles. The second-order valence-electron chi connectivity index (χ2n) is 7.70. The summed E-state index contributed by atoms with van der Waals surface area (Å²) in [5.74, 6) is 7.92. The van der Waals surface area contributed by atoms with E-state index in [1.165, 1.54) is 51.0 Å². The molecule has 0 spiro atoms. The fourth-order valence-electron chi connectivity index (χ4n) is 4.56. The maximum atomic E-state index is 13.2. The molecule has 1 aromatic carbocycles. The predicted molar refractivity (Wildman–Crippen MR) is 94.4 cm³/mol. The summed E-state index contributed by atoms with van der Waals surface area (Å²) < 4.78 is 26.1. The second kappa shape index (κ2) is 8.15. The van der Waals surface area contributed by atoms with E-state index in [1.807, 2.05) is 0 Å². The van der Waals surface area contributed by atoms with Gasteiger partial charge in [-0.2, -0.15) is 0 Å². The van der Waals surface area contributed by atoms with Crippen LogP contribution in [0.2, 0.25) is 0 Å². The van der Waals surface area contributed by atoms with Crippen LogP contribution >= 0.6 is 0 Å². The zero-order valence-corrected chi connectivity index (χ0v) is 14.7. The minimum absolute atomic E-state index is 0.418. The van der Waals surface area contributed by atoms with Gasteiger partial charge in [0.2, 0.25) is 0 Å². The lowest BCUT2D eigenvalue weighted by molar-refractivity contribution is 0.156. The molecule has 2 heteroatoms. The molecule has 0 nitrogen and oxygen atoms in total. The molecule has 0 saturated heterocycles. The summed E-state index contributed by atoms with van der Waals surface area (Å²) in [4.78, 5) is 0. The summed E-state index contributed by atoms with van der Waals surface area (Å²) >= 11 is 0. The SMILES string of the molecule is CC[C@H]1CC[C@H](C2CCC(C#Cc3ccc(F)c(F)c3)CC2)CC1. The molecule has 2 aliphatic carbocycles. The minimum Gasteiger partial charge on any atom is -0.204 e. The van der Waals surface area contributed by atoms with Crippen LogP contribution in [0.5, 0.6) is 0 Å². The molecular weight excluding hydrogens is 302 g/mol. The lowest BCUT2D eigenvalue weighted by atomic mass is 9.69. The normalized spacial score (nSPS) is 30.5. The molecule has 0 unspecified atom stereocenters. The van der Waals surface area contributed by atoms with Gasteiger partial charge in [-0.05, 0) is 74.5 Å². The first kappa shape index (κ1) is 17.5. The Hall–Kier alpha value is -1.36. The van der Waals surface area contributed by atoms with Crippen molar-refractivity contribution < 1.29 is 8.78 Å². The number of halogens is 2. The third-order valence-electron chi connectivity index (χ3n) is 6.25. The molecule has 0 aromatic heterocycles. The van der Waals surface area contributed by atoms with Gasteiger partial charge < -0.3 is 0 Å². The predicted octanol–water partition coefficient (Wildman–Crippen LogP) is 6.34. The molecule has 1 aromatic rings. The molecule has 0 radical (unpaired) electrons. The van der Waals surface area contributed by atoms with Gasteiger partial charge in [0.05, 0.1) is 0 Å². The minimum atomic E-state index is -0.812. The van der Waals surface area contributed by atoms with E-state index in [9.17, 15) is 8.78 Å². The van der Waals surface area contributed by atoms with E-state index >= 15 is 0 Å². The van der Waals surface area contributed by atoms with E-state index < -0.39 is 11.6 Å². The van der Waals surface area contributed by atoms with Crippen LogP contribution in [0.3, 0.4) is 0 Å². The van der Waals surface area contributed by atoms with Crippen LogP contribution in [0, 0.1) is 47.1 Å². The quantitative estimate of drug-likeness (QED) is 0.555. The van der Waals surface area contributed by atoms with Crippen molar-refractivity contribution in [3.8, 4) is 11.8 Å². The molecule has 24 heavy (non-hydrogen) atoms. The molecule has 0 atom stereocenters. The van der Waals surface area contributed by atoms with Crippen molar-refractivity contribution in [1.29, 1.82) is 0 Å². The maximum absolute atomic E-state index is 13.2. The number of rotatable bonds is 2. The average molecular weight is 330 g/mol. The van der Waals surface area contributed by atoms with E-state index in [0.29, 0.717) is 11.5 Å². The van der Waals surface area contributed by atoms with Crippen molar-refractivity contribution in [2.24, 2.45) is 23.7 Å². The first-order valence-corrected chi connectivity index (χ1v) is 9.62. The number of hydrogen-bond donors (Lipinski definition) is 0. The van der Waals surface area contributed by atoms with Crippen LogP contribution in [-0.2, 0) is 0 Å². The fraction of sp³-hybridized carbons (Fsp3) is 0.636. The standard InChI is InChI=1S/C22H28F2/c1-2-16-5-10-19(11-6-16)20-12-7-17(8-13-20)3-4-18-9-14-21(23)22(24)15-18/h9,14-17,19-20H,2,5-8,10-13H2,1H3/t16-,17?,19-,20?. The Balaban J connectivity index is 1.49. The summed E-state index contributed by atoms with van der Waals surface area (Å²) in [5, 5.41) is 0. The Morgan fingerprint density at radius 2 is 1.50 bits per heavy atom. The molecule has 0 amide bonds. The topological polar surface area (TPSA) is 0 Å². The molecule has 2 aliphatic rings. The van der Waals surface area contributed by atoms with E-state index in [-0.39, 0.29) is 0 Å². The largest absolute Gasteiger partial charge is 0.204 e. The average Bonchev–Trinajstić information content (AvgIpc) is 2.63. The molecule has 0 heterocycles. The highest BCUT2D eigenvalue weighted by Gasteiger charge is 2.29. The first-order valence-electron chi connectivity index (χ1n) is 9.62. The van der Waals surface area contributed by atoms with Crippen LogP contribution in [0.1, 0.15) is 70.3 Å². The van der Waals surface area contributed by atoms with Crippen LogP contribution < -0.4 is 0 Å². The third-order valence-corrected chi connectivity index (χ3v) is 6.25. The first-order chi connectivity index (χ1) is 11.7. The molecule has 2 fully saturated rings. The van der Waals surface area contributed by atoms with Gasteiger partial charge in [-0.3, -0.25) is 0 Å². The van der Waals surface area contributed by atoms with Gasteiger partial charge in [-0.1, -0.05) is 38.0 Å². The summed E-state index contributed by atoms with van der Waals surface area (Å²) in [7, 11) is 0. The lowest BCUT2D eigenvalue weighted by Gasteiger charge is -2.36. The van der Waals surface area contributed by atoms with Gasteiger partial charge in [0.15, 0.2) is 11.6 Å². The van der Waals surface area contributed by atoms with Crippen molar-refractivity contribution in [1.82, 2.24) is 0 Å². The smallest absolute Gasteiger partial charge is 0.160 e. The van der Waals surface area contributed by atoms with E-state index in [1.54, 1.807) is 6.07 Å². The fourth-order valence-corrected chi connectivity index (χ4v) is 4.56. The van der Waals surface area contributed by atoms with Crippen LogP contribution in [0.4, 0.5) is 8.78 Å². The highest BCUT2D eigenvalue weighted by molar-refractivity contribution is 5.35. The summed E-state index contributed by atoms with van der Waals surface area (Å²) in [5.41, 5.74) is 0.578. The third kappa shape index (κ3) is 4.38. The highest BCUT2D eigenvalue weighted by Crippen LogP contribution is 2.41. The molecule has 0 bridgehead atoms. The molecule has 3 rings (SSSR count). The molecule has 0 N–H and O–H groups in total. The van der Waals surface area contributed by atoms with Crippen molar-refractivity contribution >= 4 is 0 Å². The monoisotopic (exact) mass is 330 g/mol. The number of hydrogen-bond acceptors (Lipinski definition) is 0. The second-order valence-corrected chi connectivity index (χ2v) is 7.70. The zero-order valence-electron chi connectivity index (χ0n) is 14.7. The van der Waals surface area contributed by atoms with Gasteiger partial charge in [0.1, 0.15) is 0 Å². The summed E-state index contributed by atoms with van der Waals surface area (Å²) in [6, 6.07) is 3.91. The van der Waals surface area contributed by atoms with Crippen molar-refractivity contribution in [3.05, 3.63) is 35.4 Å². The number of benzene rings is 1. The Morgan fingerprint density at radius 1 is 0.875 bits per heavy atom. The van der Waals surface area contributed by atoms with Gasteiger partial charge in [-0.25, -0.2) is 8.78 Å². The van der Waals surface area contributed by atoms with E-state index in [0.717, 1.165) is 36.7 Å². The van der Waals surface area contributed by atoms with Gasteiger partial charge in [-0.15, -0.1) is 0 Å². The summed E-state index contributed by atoms with van der Waals surface area (Å²) in [6.07, 6.45) is 12.0. The highest BCUT2D eigenvalue weighted by atomic mass is 19.2. The molecular formula is C22H28F2. The van der Waals surface area contributed by atoms with Crippen molar-refractivity contribution in [2.45, 2.75) is 64.7 Å². The Bertz CT molecular complexity index is 594. The van der Waals surface area contributed by atoms with Crippen molar-refractivity contribution in [3.63, 3.8) is 0 Å². The van der Waals surface area contributed by atoms with Crippen LogP contribution in [0.25, 0.3) is 0 Å².